The lowest BCUT2D eigenvalue weighted by Crippen LogP contribution is -2.26. The summed E-state index contributed by atoms with van der Waals surface area (Å²) in [4.78, 5) is 30.7. The minimum Gasteiger partial charge on any atom is -0.496 e. The average molecular weight is 427 g/mol. The van der Waals surface area contributed by atoms with Crippen LogP contribution in [0.4, 0.5) is 0 Å². The van der Waals surface area contributed by atoms with Crippen LogP contribution in [-0.4, -0.2) is 27.8 Å². The predicted molar refractivity (Wildman–Crippen MR) is 118 cm³/mol. The molecule has 3 aromatic rings. The van der Waals surface area contributed by atoms with Gasteiger partial charge in [0.1, 0.15) is 15.6 Å². The van der Waals surface area contributed by atoms with Gasteiger partial charge in [-0.3, -0.25) is 9.59 Å². The van der Waals surface area contributed by atoms with Crippen molar-refractivity contribution in [3.05, 3.63) is 61.5 Å². The number of amides is 1. The summed E-state index contributed by atoms with van der Waals surface area (Å²) < 4.78 is 6.74. The number of carbonyl (C=O) groups excluding carboxylic acids is 1. The molecular formula is C22H26N4O3S. The molecule has 1 atom stereocenters. The van der Waals surface area contributed by atoms with Gasteiger partial charge in [-0.2, -0.15) is 5.10 Å². The molecule has 0 spiro atoms. The highest BCUT2D eigenvalue weighted by Crippen LogP contribution is 2.30. The van der Waals surface area contributed by atoms with Gasteiger partial charge in [0, 0.05) is 12.6 Å². The van der Waals surface area contributed by atoms with Crippen molar-refractivity contribution >= 4 is 17.2 Å². The molecule has 0 aliphatic heterocycles. The molecule has 2 heterocycles. The van der Waals surface area contributed by atoms with Crippen molar-refractivity contribution in [1.82, 2.24) is 20.1 Å². The second-order valence-electron chi connectivity index (χ2n) is 7.39. The molecule has 0 fully saturated rings. The number of nitrogens with zero attached hydrogens (tertiary/aromatic N) is 3. The van der Waals surface area contributed by atoms with E-state index in [9.17, 15) is 9.59 Å². The summed E-state index contributed by atoms with van der Waals surface area (Å²) >= 11 is 1.22. The van der Waals surface area contributed by atoms with Crippen LogP contribution >= 0.6 is 11.3 Å². The van der Waals surface area contributed by atoms with Gasteiger partial charge in [0.15, 0.2) is 0 Å². The van der Waals surface area contributed by atoms with Crippen LogP contribution in [0.2, 0.25) is 0 Å². The first kappa shape index (κ1) is 21.7. The Hall–Kier alpha value is -3.00. The van der Waals surface area contributed by atoms with Gasteiger partial charge in [0.25, 0.3) is 11.5 Å². The molecule has 1 N–H and O–H groups in total. The zero-order chi connectivity index (χ0) is 22.2. The van der Waals surface area contributed by atoms with Crippen LogP contribution in [0.1, 0.15) is 50.7 Å². The number of methoxy groups -OCH3 is 1. The van der Waals surface area contributed by atoms with Crippen molar-refractivity contribution in [3.63, 3.8) is 0 Å². The SMILES string of the molecule is COc1ccc(C)cc1[C@H](C)NC(=O)c1sc(-c2c(C)c(C)nn(C)c2=O)nc1C. The number of aryl methyl sites for hydroxylation is 4. The molecule has 158 valence electrons. The third-order valence-corrected chi connectivity index (χ3v) is 6.32. The Morgan fingerprint density at radius 1 is 1.20 bits per heavy atom. The molecule has 0 bridgehead atoms. The number of rotatable bonds is 5. The minimum atomic E-state index is -0.255. The summed E-state index contributed by atoms with van der Waals surface area (Å²) in [6, 6.07) is 5.61. The van der Waals surface area contributed by atoms with E-state index >= 15 is 0 Å². The maximum atomic E-state index is 13.0. The predicted octanol–water partition coefficient (Wildman–Crippen LogP) is 3.64. The zero-order valence-corrected chi connectivity index (χ0v) is 19.1. The molecule has 30 heavy (non-hydrogen) atoms. The second kappa shape index (κ2) is 8.39. The normalized spacial score (nSPS) is 12.0. The van der Waals surface area contributed by atoms with Gasteiger partial charge in [-0.15, -0.1) is 11.3 Å². The summed E-state index contributed by atoms with van der Waals surface area (Å²) in [5, 5.41) is 7.77. The van der Waals surface area contributed by atoms with E-state index in [2.05, 4.69) is 15.4 Å². The Labute approximate surface area is 179 Å². The lowest BCUT2D eigenvalue weighted by molar-refractivity contribution is 0.0943. The molecule has 0 aliphatic rings. The third-order valence-electron chi connectivity index (χ3n) is 5.14. The molecule has 0 radical (unpaired) electrons. The van der Waals surface area contributed by atoms with E-state index < -0.39 is 0 Å². The Bertz CT molecular complexity index is 1180. The van der Waals surface area contributed by atoms with Crippen LogP contribution in [0.3, 0.4) is 0 Å². The number of hydrogen-bond acceptors (Lipinski definition) is 6. The first-order chi connectivity index (χ1) is 14.1. The topological polar surface area (TPSA) is 86.1 Å². The summed E-state index contributed by atoms with van der Waals surface area (Å²) in [6.45, 7) is 9.39. The van der Waals surface area contributed by atoms with Gasteiger partial charge in [0.05, 0.1) is 30.1 Å². The fraction of sp³-hybridized carbons (Fsp3) is 0.364. The molecule has 1 amide bonds. The van der Waals surface area contributed by atoms with Gasteiger partial charge in [-0.1, -0.05) is 17.7 Å². The van der Waals surface area contributed by atoms with Gasteiger partial charge < -0.3 is 10.1 Å². The van der Waals surface area contributed by atoms with Crippen LogP contribution < -0.4 is 15.6 Å². The Balaban J connectivity index is 1.94. The average Bonchev–Trinajstić information content (AvgIpc) is 3.08. The molecule has 0 aliphatic carbocycles. The summed E-state index contributed by atoms with van der Waals surface area (Å²) in [7, 11) is 3.23. The smallest absolute Gasteiger partial charge is 0.277 e. The third kappa shape index (κ3) is 4.00. The number of thiazole rings is 1. The van der Waals surface area contributed by atoms with Crippen molar-refractivity contribution in [2.45, 2.75) is 40.7 Å². The van der Waals surface area contributed by atoms with Crippen molar-refractivity contribution < 1.29 is 9.53 Å². The Kier molecular flexibility index (Phi) is 6.07. The van der Waals surface area contributed by atoms with E-state index in [0.29, 0.717) is 21.1 Å². The molecular weight excluding hydrogens is 400 g/mol. The van der Waals surface area contributed by atoms with Crippen molar-refractivity contribution in [3.8, 4) is 16.3 Å². The van der Waals surface area contributed by atoms with E-state index in [0.717, 1.165) is 28.1 Å². The second-order valence-corrected chi connectivity index (χ2v) is 8.39. The van der Waals surface area contributed by atoms with E-state index in [1.54, 1.807) is 21.1 Å². The molecule has 3 rings (SSSR count). The summed E-state index contributed by atoms with van der Waals surface area (Å²) in [6.07, 6.45) is 0. The fourth-order valence-electron chi connectivity index (χ4n) is 3.35. The zero-order valence-electron chi connectivity index (χ0n) is 18.3. The number of ether oxygens (including phenoxy) is 1. The largest absolute Gasteiger partial charge is 0.496 e. The molecule has 8 heteroatoms. The molecule has 0 unspecified atom stereocenters. The van der Waals surface area contributed by atoms with Gasteiger partial charge in [0.2, 0.25) is 0 Å². The molecule has 2 aromatic heterocycles. The number of benzene rings is 1. The maximum Gasteiger partial charge on any atom is 0.277 e. The molecule has 1 aromatic carbocycles. The van der Waals surface area contributed by atoms with Crippen molar-refractivity contribution in [2.24, 2.45) is 7.05 Å². The molecule has 0 saturated carbocycles. The number of nitrogens with one attached hydrogen (secondary N) is 1. The standard InChI is InChI=1S/C22H26N4O3S/c1-11-8-9-17(29-7)16(10-11)14(4)23-20(27)19-15(5)24-21(30-19)18-12(2)13(3)25-26(6)22(18)28/h8-10,14H,1-7H3,(H,23,27)/t14-/m0/s1. The quantitative estimate of drug-likeness (QED) is 0.673. The Morgan fingerprint density at radius 2 is 1.90 bits per heavy atom. The van der Waals surface area contributed by atoms with Crippen LogP contribution in [0.15, 0.2) is 23.0 Å². The van der Waals surface area contributed by atoms with Crippen LogP contribution in [0, 0.1) is 27.7 Å². The fourth-order valence-corrected chi connectivity index (χ4v) is 4.41. The van der Waals surface area contributed by atoms with Gasteiger partial charge >= 0.3 is 0 Å². The monoisotopic (exact) mass is 426 g/mol. The summed E-state index contributed by atoms with van der Waals surface area (Å²) in [5.41, 5.74) is 4.38. The molecule has 7 nitrogen and oxygen atoms in total. The highest BCUT2D eigenvalue weighted by atomic mass is 32.1. The number of hydrogen-bond donors (Lipinski definition) is 1. The van der Waals surface area contributed by atoms with E-state index in [-0.39, 0.29) is 17.5 Å². The van der Waals surface area contributed by atoms with Crippen molar-refractivity contribution in [1.29, 1.82) is 0 Å². The van der Waals surface area contributed by atoms with E-state index in [1.165, 1.54) is 16.0 Å². The molecule has 0 saturated heterocycles. The van der Waals surface area contributed by atoms with Crippen LogP contribution in [0.5, 0.6) is 5.75 Å². The Morgan fingerprint density at radius 3 is 2.57 bits per heavy atom. The number of carbonyl (C=O) groups is 1. The maximum absolute atomic E-state index is 13.0. The first-order valence-electron chi connectivity index (χ1n) is 9.61. The van der Waals surface area contributed by atoms with Crippen molar-refractivity contribution in [2.75, 3.05) is 7.11 Å². The highest BCUT2D eigenvalue weighted by Gasteiger charge is 2.23. The van der Waals surface area contributed by atoms with Crippen LogP contribution in [0.25, 0.3) is 10.6 Å². The highest BCUT2D eigenvalue weighted by molar-refractivity contribution is 7.17. The lowest BCUT2D eigenvalue weighted by Gasteiger charge is -2.17. The van der Waals surface area contributed by atoms with Crippen LogP contribution in [-0.2, 0) is 7.05 Å². The van der Waals surface area contributed by atoms with E-state index in [1.807, 2.05) is 45.9 Å². The first-order valence-corrected chi connectivity index (χ1v) is 10.4. The van der Waals surface area contributed by atoms with Gasteiger partial charge in [-0.05, 0) is 46.2 Å². The van der Waals surface area contributed by atoms with E-state index in [4.69, 9.17) is 4.74 Å². The lowest BCUT2D eigenvalue weighted by atomic mass is 10.0. The van der Waals surface area contributed by atoms with Gasteiger partial charge in [-0.25, -0.2) is 9.67 Å². The minimum absolute atomic E-state index is 0.225. The summed E-state index contributed by atoms with van der Waals surface area (Å²) in [5.74, 6) is 0.495. The number of aromatic nitrogens is 3.